The molecular formula is C27H30N2O5S. The van der Waals surface area contributed by atoms with Crippen LogP contribution in [0.25, 0.3) is 10.2 Å². The van der Waals surface area contributed by atoms with Gasteiger partial charge < -0.3 is 19.5 Å². The lowest BCUT2D eigenvalue weighted by molar-refractivity contribution is -0.161. The zero-order valence-electron chi connectivity index (χ0n) is 19.7. The van der Waals surface area contributed by atoms with Crippen LogP contribution >= 0.6 is 11.3 Å². The fourth-order valence-electron chi connectivity index (χ4n) is 4.89. The van der Waals surface area contributed by atoms with E-state index in [9.17, 15) is 9.59 Å². The minimum Gasteiger partial charge on any atom is -0.486 e. The van der Waals surface area contributed by atoms with Gasteiger partial charge in [0.2, 0.25) is 0 Å². The minimum absolute atomic E-state index is 0.262. The Kier molecular flexibility index (Phi) is 7.18. The summed E-state index contributed by atoms with van der Waals surface area (Å²) in [5.41, 5.74) is 1.41. The van der Waals surface area contributed by atoms with Crippen molar-refractivity contribution >= 4 is 33.4 Å². The molecule has 1 saturated carbocycles. The third-order valence-electron chi connectivity index (χ3n) is 6.75. The van der Waals surface area contributed by atoms with E-state index in [4.69, 9.17) is 19.2 Å². The number of fused-ring (bicyclic) bond motifs is 2. The summed E-state index contributed by atoms with van der Waals surface area (Å²) in [5, 5.41) is 3.80. The maximum absolute atomic E-state index is 13.2. The number of nitrogens with zero attached hydrogens (tertiary/aromatic N) is 1. The topological polar surface area (TPSA) is 86.8 Å². The van der Waals surface area contributed by atoms with Gasteiger partial charge in [-0.2, -0.15) is 0 Å². The molecule has 8 heteroatoms. The summed E-state index contributed by atoms with van der Waals surface area (Å²) >= 11 is 1.63. The lowest BCUT2D eigenvalue weighted by Gasteiger charge is -2.34. The molecule has 1 aliphatic heterocycles. The number of thiazole rings is 1. The maximum atomic E-state index is 13.2. The Morgan fingerprint density at radius 2 is 1.83 bits per heavy atom. The molecule has 0 spiro atoms. The van der Waals surface area contributed by atoms with Crippen LogP contribution in [0.5, 0.6) is 11.5 Å². The Labute approximate surface area is 208 Å². The zero-order chi connectivity index (χ0) is 24.1. The summed E-state index contributed by atoms with van der Waals surface area (Å²) in [5.74, 6) is 0.915. The minimum atomic E-state index is -0.600. The molecule has 1 fully saturated rings. The molecule has 2 heterocycles. The number of ether oxygens (including phenoxy) is 3. The molecule has 3 aromatic rings. The number of carbonyl (C=O) groups excluding carboxylic acids is 2. The number of benzene rings is 2. The zero-order valence-corrected chi connectivity index (χ0v) is 20.5. The lowest BCUT2D eigenvalue weighted by atomic mass is 9.72. The fourth-order valence-corrected chi connectivity index (χ4v) is 6.00. The van der Waals surface area contributed by atoms with Crippen LogP contribution in [0.1, 0.15) is 42.7 Å². The Morgan fingerprint density at radius 3 is 2.66 bits per heavy atom. The molecule has 0 atom stereocenters. The van der Waals surface area contributed by atoms with E-state index in [1.807, 2.05) is 36.4 Å². The summed E-state index contributed by atoms with van der Waals surface area (Å²) in [7, 11) is 0. The second-order valence-electron chi connectivity index (χ2n) is 9.25. The first-order valence-corrected chi connectivity index (χ1v) is 13.1. The van der Waals surface area contributed by atoms with Crippen LogP contribution < -0.4 is 14.8 Å². The van der Waals surface area contributed by atoms with Crippen LogP contribution in [0.15, 0.2) is 42.5 Å². The van der Waals surface area contributed by atoms with Crippen molar-refractivity contribution in [2.75, 3.05) is 26.4 Å². The van der Waals surface area contributed by atoms with Gasteiger partial charge in [0, 0.05) is 13.0 Å². The van der Waals surface area contributed by atoms with Crippen LogP contribution in [-0.4, -0.2) is 43.2 Å². The normalized spacial score (nSPS) is 16.6. The van der Waals surface area contributed by atoms with Crippen molar-refractivity contribution in [2.45, 2.75) is 44.9 Å². The number of para-hydroxylation sites is 1. The highest BCUT2D eigenvalue weighted by molar-refractivity contribution is 7.18. The van der Waals surface area contributed by atoms with Crippen molar-refractivity contribution in [3.63, 3.8) is 0 Å². The number of hydrogen-bond acceptors (Lipinski definition) is 7. The van der Waals surface area contributed by atoms with Gasteiger partial charge >= 0.3 is 5.97 Å². The Balaban J connectivity index is 1.14. The molecule has 0 radical (unpaired) electrons. The first kappa shape index (κ1) is 23.6. The average molecular weight is 495 g/mol. The largest absolute Gasteiger partial charge is 0.486 e. The molecule has 35 heavy (non-hydrogen) atoms. The van der Waals surface area contributed by atoms with Gasteiger partial charge in [0.1, 0.15) is 13.2 Å². The SMILES string of the molecule is O=C(COC(=O)C1(Cc2nc3ccccc3s2)CCCCC1)NCCc1ccc2c(c1)OCCO2. The number of hydrogen-bond donors (Lipinski definition) is 1. The van der Waals surface area contributed by atoms with E-state index in [1.165, 1.54) is 0 Å². The van der Waals surface area contributed by atoms with E-state index in [0.29, 0.717) is 32.6 Å². The van der Waals surface area contributed by atoms with Gasteiger partial charge in [-0.15, -0.1) is 11.3 Å². The standard InChI is InChI=1S/C27H30N2O5S/c30-24(28-13-10-19-8-9-21-22(16-19)33-15-14-32-21)18-34-26(31)27(11-4-1-5-12-27)17-25-29-20-6-2-3-7-23(20)35-25/h2-3,6-9,16H,1,4-5,10-15,17-18H2,(H,28,30). The molecule has 1 N–H and O–H groups in total. The third-order valence-corrected chi connectivity index (χ3v) is 7.78. The van der Waals surface area contributed by atoms with Crippen molar-refractivity contribution in [3.8, 4) is 11.5 Å². The number of rotatable bonds is 8. The quantitative estimate of drug-likeness (QED) is 0.465. The summed E-state index contributed by atoms with van der Waals surface area (Å²) in [6.45, 7) is 1.29. The van der Waals surface area contributed by atoms with E-state index in [-0.39, 0.29) is 18.5 Å². The summed E-state index contributed by atoms with van der Waals surface area (Å²) < 4.78 is 17.8. The van der Waals surface area contributed by atoms with Crippen molar-refractivity contribution < 1.29 is 23.8 Å². The smallest absolute Gasteiger partial charge is 0.313 e. The molecule has 2 aromatic carbocycles. The fraction of sp³-hybridized carbons (Fsp3) is 0.444. The van der Waals surface area contributed by atoms with Crippen molar-refractivity contribution in [3.05, 3.63) is 53.0 Å². The van der Waals surface area contributed by atoms with Gasteiger partial charge in [-0.05, 0) is 49.1 Å². The van der Waals surface area contributed by atoms with E-state index >= 15 is 0 Å². The Bertz CT molecular complexity index is 1170. The summed E-state index contributed by atoms with van der Waals surface area (Å²) in [6.07, 6.45) is 5.86. The third kappa shape index (κ3) is 5.59. The van der Waals surface area contributed by atoms with Crippen LogP contribution in [0.3, 0.4) is 0 Å². The molecule has 0 unspecified atom stereocenters. The van der Waals surface area contributed by atoms with Crippen LogP contribution in [0.4, 0.5) is 0 Å². The lowest BCUT2D eigenvalue weighted by Crippen LogP contribution is -2.39. The molecular weight excluding hydrogens is 464 g/mol. The number of carbonyl (C=O) groups is 2. The van der Waals surface area contributed by atoms with Crippen LogP contribution in [0, 0.1) is 5.41 Å². The van der Waals surface area contributed by atoms with Crippen molar-refractivity contribution in [2.24, 2.45) is 5.41 Å². The second kappa shape index (κ2) is 10.6. The Morgan fingerprint density at radius 1 is 1.03 bits per heavy atom. The summed E-state index contributed by atoms with van der Waals surface area (Å²) in [6, 6.07) is 13.8. The molecule has 2 aliphatic rings. The Hall–Kier alpha value is -3.13. The first-order chi connectivity index (χ1) is 17.1. The van der Waals surface area contributed by atoms with Crippen LogP contribution in [-0.2, 0) is 27.2 Å². The number of esters is 1. The highest BCUT2D eigenvalue weighted by atomic mass is 32.1. The molecule has 1 amide bonds. The summed E-state index contributed by atoms with van der Waals surface area (Å²) in [4.78, 5) is 30.4. The van der Waals surface area contributed by atoms with E-state index < -0.39 is 5.41 Å². The van der Waals surface area contributed by atoms with E-state index in [2.05, 4.69) is 11.4 Å². The molecule has 1 aliphatic carbocycles. The first-order valence-electron chi connectivity index (χ1n) is 12.3. The number of aromatic nitrogens is 1. The predicted octanol–water partition coefficient (Wildman–Crippen LogP) is 4.46. The van der Waals surface area contributed by atoms with Gasteiger partial charge in [-0.25, -0.2) is 4.98 Å². The van der Waals surface area contributed by atoms with Crippen molar-refractivity contribution in [1.82, 2.24) is 10.3 Å². The molecule has 1 aromatic heterocycles. The number of nitrogens with one attached hydrogen (secondary N) is 1. The van der Waals surface area contributed by atoms with Gasteiger partial charge in [0.25, 0.3) is 5.91 Å². The average Bonchev–Trinajstić information content (AvgIpc) is 3.30. The monoisotopic (exact) mass is 494 g/mol. The predicted molar refractivity (Wildman–Crippen MR) is 134 cm³/mol. The molecule has 184 valence electrons. The highest BCUT2D eigenvalue weighted by Crippen LogP contribution is 2.41. The molecule has 5 rings (SSSR count). The van der Waals surface area contributed by atoms with Crippen LogP contribution in [0.2, 0.25) is 0 Å². The molecule has 0 bridgehead atoms. The number of amides is 1. The molecule has 0 saturated heterocycles. The van der Waals surface area contributed by atoms with Gasteiger partial charge in [0.15, 0.2) is 18.1 Å². The van der Waals surface area contributed by atoms with Gasteiger partial charge in [-0.1, -0.05) is 37.5 Å². The molecule has 7 nitrogen and oxygen atoms in total. The highest BCUT2D eigenvalue weighted by Gasteiger charge is 2.42. The van der Waals surface area contributed by atoms with Gasteiger partial charge in [-0.3, -0.25) is 9.59 Å². The second-order valence-corrected chi connectivity index (χ2v) is 10.4. The van der Waals surface area contributed by atoms with E-state index in [0.717, 1.165) is 64.4 Å². The maximum Gasteiger partial charge on any atom is 0.313 e. The van der Waals surface area contributed by atoms with Crippen molar-refractivity contribution in [1.29, 1.82) is 0 Å². The van der Waals surface area contributed by atoms with Gasteiger partial charge in [0.05, 0.1) is 20.6 Å². The van der Waals surface area contributed by atoms with E-state index in [1.54, 1.807) is 11.3 Å².